The molecule has 0 bridgehead atoms. The number of hydrogen-bond donors (Lipinski definition) is 1. The third-order valence-electron chi connectivity index (χ3n) is 1.75. The molecule has 1 aromatic rings. The monoisotopic (exact) mass is 194 g/mol. The average Bonchev–Trinajstić information content (AvgIpc) is 2.20. The minimum atomic E-state index is -0.427. The Labute approximate surface area is 81.7 Å². The number of aliphatic hydroxyl groups is 1. The van der Waals surface area contributed by atoms with E-state index in [1.165, 1.54) is 12.1 Å². The summed E-state index contributed by atoms with van der Waals surface area (Å²) in [6.07, 6.45) is 4.36. The summed E-state index contributed by atoms with van der Waals surface area (Å²) >= 11 is 0. The minimum Gasteiger partial charge on any atom is -0.396 e. The highest BCUT2D eigenvalue weighted by Crippen LogP contribution is 2.11. The van der Waals surface area contributed by atoms with Gasteiger partial charge in [0.1, 0.15) is 12.1 Å². The number of rotatable bonds is 4. The molecule has 0 heterocycles. The van der Waals surface area contributed by atoms with Crippen LogP contribution in [0.2, 0.25) is 0 Å². The van der Waals surface area contributed by atoms with Crippen LogP contribution in [-0.2, 0) is 0 Å². The average molecular weight is 194 g/mol. The van der Waals surface area contributed by atoms with E-state index in [-0.39, 0.29) is 6.61 Å². The highest BCUT2D eigenvalue weighted by Gasteiger charge is 1.99. The number of aliphatic hydroxyl groups excluding tert-OH is 1. The molecule has 1 aromatic carbocycles. The molecule has 3 heteroatoms. The lowest BCUT2D eigenvalue weighted by molar-refractivity contribution is 0.112. The number of hydrogen-bond acceptors (Lipinski definition) is 2. The second kappa shape index (κ2) is 5.29. The van der Waals surface area contributed by atoms with Crippen molar-refractivity contribution in [1.29, 1.82) is 0 Å². The molecule has 0 aromatic heterocycles. The Balaban J connectivity index is 2.83. The van der Waals surface area contributed by atoms with Gasteiger partial charge in [0.25, 0.3) is 0 Å². The van der Waals surface area contributed by atoms with Crippen molar-refractivity contribution < 1.29 is 14.3 Å². The van der Waals surface area contributed by atoms with Gasteiger partial charge in [0.2, 0.25) is 0 Å². The van der Waals surface area contributed by atoms with Crippen LogP contribution >= 0.6 is 0 Å². The molecule has 0 spiro atoms. The van der Waals surface area contributed by atoms with Crippen LogP contribution in [-0.4, -0.2) is 18.0 Å². The molecule has 0 aliphatic rings. The van der Waals surface area contributed by atoms with Crippen LogP contribution in [0.3, 0.4) is 0 Å². The second-order valence-corrected chi connectivity index (χ2v) is 2.81. The van der Waals surface area contributed by atoms with Crippen LogP contribution in [0.5, 0.6) is 0 Å². The van der Waals surface area contributed by atoms with Crippen molar-refractivity contribution in [2.24, 2.45) is 0 Å². The van der Waals surface area contributed by atoms with Gasteiger partial charge in [0.15, 0.2) is 0 Å². The van der Waals surface area contributed by atoms with E-state index in [1.807, 2.05) is 0 Å². The molecular formula is C11H11FO2. The largest absolute Gasteiger partial charge is 0.396 e. The fourth-order valence-electron chi connectivity index (χ4n) is 1.04. The molecule has 74 valence electrons. The first-order chi connectivity index (χ1) is 6.77. The quantitative estimate of drug-likeness (QED) is 0.744. The molecule has 1 rings (SSSR count). The van der Waals surface area contributed by atoms with Crippen molar-refractivity contribution in [3.8, 4) is 0 Å². The van der Waals surface area contributed by atoms with Gasteiger partial charge in [-0.05, 0) is 12.5 Å². The Bertz CT molecular complexity index is 345. The second-order valence-electron chi connectivity index (χ2n) is 2.81. The maximum Gasteiger partial charge on any atom is 0.150 e. The first-order valence-electron chi connectivity index (χ1n) is 4.30. The van der Waals surface area contributed by atoms with Gasteiger partial charge in [-0.25, -0.2) is 4.39 Å². The smallest absolute Gasteiger partial charge is 0.150 e. The highest BCUT2D eigenvalue weighted by atomic mass is 19.1. The van der Waals surface area contributed by atoms with Crippen molar-refractivity contribution >= 4 is 12.4 Å². The standard InChI is InChI=1S/C11H11FO2/c12-11-7-9(8-14)4-5-10(11)3-1-2-6-13/h1,3-5,7-8,13H,2,6H2. The van der Waals surface area contributed by atoms with Crippen LogP contribution in [0, 0.1) is 5.82 Å². The zero-order valence-corrected chi connectivity index (χ0v) is 7.61. The molecular weight excluding hydrogens is 183 g/mol. The van der Waals surface area contributed by atoms with E-state index in [0.29, 0.717) is 23.8 Å². The van der Waals surface area contributed by atoms with E-state index in [2.05, 4.69) is 0 Å². The van der Waals surface area contributed by atoms with Gasteiger partial charge in [0, 0.05) is 17.7 Å². The van der Waals surface area contributed by atoms with Crippen molar-refractivity contribution in [1.82, 2.24) is 0 Å². The van der Waals surface area contributed by atoms with Crippen molar-refractivity contribution in [3.63, 3.8) is 0 Å². The summed E-state index contributed by atoms with van der Waals surface area (Å²) in [6, 6.07) is 4.27. The number of carbonyl (C=O) groups excluding carboxylic acids is 1. The Hall–Kier alpha value is -1.48. The molecule has 1 N–H and O–H groups in total. The predicted octanol–water partition coefficient (Wildman–Crippen LogP) is 2.03. The molecule has 0 aliphatic carbocycles. The maximum atomic E-state index is 13.2. The fourth-order valence-corrected chi connectivity index (χ4v) is 1.04. The van der Waals surface area contributed by atoms with E-state index in [9.17, 15) is 9.18 Å². The highest BCUT2D eigenvalue weighted by molar-refractivity contribution is 5.75. The van der Waals surface area contributed by atoms with Gasteiger partial charge in [0.05, 0.1) is 0 Å². The van der Waals surface area contributed by atoms with Crippen LogP contribution in [0.15, 0.2) is 24.3 Å². The van der Waals surface area contributed by atoms with E-state index in [4.69, 9.17) is 5.11 Å². The first-order valence-corrected chi connectivity index (χ1v) is 4.30. The number of carbonyl (C=O) groups is 1. The molecule has 0 atom stereocenters. The van der Waals surface area contributed by atoms with Gasteiger partial charge in [-0.15, -0.1) is 0 Å². The summed E-state index contributed by atoms with van der Waals surface area (Å²) in [5, 5.41) is 8.50. The van der Waals surface area contributed by atoms with E-state index >= 15 is 0 Å². The van der Waals surface area contributed by atoms with Crippen LogP contribution in [0.4, 0.5) is 4.39 Å². The van der Waals surface area contributed by atoms with E-state index in [1.54, 1.807) is 18.2 Å². The van der Waals surface area contributed by atoms with Crippen LogP contribution in [0.25, 0.3) is 6.08 Å². The minimum absolute atomic E-state index is 0.0462. The molecule has 0 saturated heterocycles. The van der Waals surface area contributed by atoms with Gasteiger partial charge in [-0.2, -0.15) is 0 Å². The Morgan fingerprint density at radius 3 is 2.79 bits per heavy atom. The summed E-state index contributed by atoms with van der Waals surface area (Å²) in [7, 11) is 0. The Morgan fingerprint density at radius 2 is 2.21 bits per heavy atom. The molecule has 0 amide bonds. The number of halogens is 1. The van der Waals surface area contributed by atoms with Crippen molar-refractivity contribution in [2.75, 3.05) is 6.61 Å². The van der Waals surface area contributed by atoms with Gasteiger partial charge < -0.3 is 5.11 Å². The molecule has 0 fully saturated rings. The Kier molecular flexibility index (Phi) is 4.01. The summed E-state index contributed by atoms with van der Waals surface area (Å²) in [4.78, 5) is 10.3. The SMILES string of the molecule is O=Cc1ccc(C=CCCO)c(F)c1. The summed E-state index contributed by atoms with van der Waals surface area (Å²) in [6.45, 7) is 0.0462. The summed E-state index contributed by atoms with van der Waals surface area (Å²) in [5.41, 5.74) is 0.742. The predicted molar refractivity (Wildman–Crippen MR) is 52.5 cm³/mol. The summed E-state index contributed by atoms with van der Waals surface area (Å²) in [5.74, 6) is -0.427. The van der Waals surface area contributed by atoms with Crippen molar-refractivity contribution in [3.05, 3.63) is 41.2 Å². The van der Waals surface area contributed by atoms with Gasteiger partial charge >= 0.3 is 0 Å². The third-order valence-corrected chi connectivity index (χ3v) is 1.75. The number of aldehydes is 1. The molecule has 2 nitrogen and oxygen atoms in total. The molecule has 0 unspecified atom stereocenters. The lowest BCUT2D eigenvalue weighted by Gasteiger charge is -1.97. The third kappa shape index (κ3) is 2.78. The topological polar surface area (TPSA) is 37.3 Å². The van der Waals surface area contributed by atoms with Gasteiger partial charge in [-0.3, -0.25) is 4.79 Å². The van der Waals surface area contributed by atoms with Crippen molar-refractivity contribution in [2.45, 2.75) is 6.42 Å². The maximum absolute atomic E-state index is 13.2. The molecule has 0 saturated carbocycles. The van der Waals surface area contributed by atoms with E-state index < -0.39 is 5.82 Å². The number of benzene rings is 1. The zero-order chi connectivity index (χ0) is 10.4. The van der Waals surface area contributed by atoms with Crippen LogP contribution in [0.1, 0.15) is 22.3 Å². The van der Waals surface area contributed by atoms with Crippen LogP contribution < -0.4 is 0 Å². The Morgan fingerprint density at radius 1 is 1.43 bits per heavy atom. The zero-order valence-electron chi connectivity index (χ0n) is 7.61. The molecule has 0 aliphatic heterocycles. The fraction of sp³-hybridized carbons (Fsp3) is 0.182. The normalized spacial score (nSPS) is 10.7. The molecule has 0 radical (unpaired) electrons. The molecule has 14 heavy (non-hydrogen) atoms. The van der Waals surface area contributed by atoms with Gasteiger partial charge in [-0.1, -0.05) is 24.3 Å². The lowest BCUT2D eigenvalue weighted by atomic mass is 10.1. The first kappa shape index (κ1) is 10.6. The summed E-state index contributed by atoms with van der Waals surface area (Å²) < 4.78 is 13.2. The van der Waals surface area contributed by atoms with E-state index in [0.717, 1.165) is 0 Å². The lowest BCUT2D eigenvalue weighted by Crippen LogP contribution is -1.86.